The molecule has 9 nitrogen and oxygen atoms in total. The van der Waals surface area contributed by atoms with Crippen molar-refractivity contribution in [3.05, 3.63) is 63.2 Å². The highest BCUT2D eigenvalue weighted by Crippen LogP contribution is 2.34. The highest BCUT2D eigenvalue weighted by atomic mass is 19.4. The molecule has 40 heavy (non-hydrogen) atoms. The van der Waals surface area contributed by atoms with Crippen LogP contribution >= 0.6 is 0 Å². The van der Waals surface area contributed by atoms with Crippen molar-refractivity contribution in [2.75, 3.05) is 24.1 Å². The molecule has 0 saturated heterocycles. The summed E-state index contributed by atoms with van der Waals surface area (Å²) in [5.74, 6) is 0.757. The van der Waals surface area contributed by atoms with E-state index in [-0.39, 0.29) is 17.8 Å². The fraction of sp³-hybridized carbons (Fsp3) is 0.429. The Balaban J connectivity index is 1.71. The Kier molecular flexibility index (Phi) is 7.57. The summed E-state index contributed by atoms with van der Waals surface area (Å²) >= 11 is 0. The van der Waals surface area contributed by atoms with Crippen molar-refractivity contribution in [3.63, 3.8) is 0 Å². The second-order valence-electron chi connectivity index (χ2n) is 10.9. The molecular formula is C28H33F3N6O3. The van der Waals surface area contributed by atoms with Crippen LogP contribution in [0.3, 0.4) is 0 Å². The highest BCUT2D eigenvalue weighted by Gasteiger charge is 2.31. The summed E-state index contributed by atoms with van der Waals surface area (Å²) in [6, 6.07) is 4.52. The van der Waals surface area contributed by atoms with Crippen molar-refractivity contribution in [3.8, 4) is 0 Å². The van der Waals surface area contributed by atoms with Crippen LogP contribution in [-0.4, -0.2) is 44.2 Å². The molecule has 1 atom stereocenters. The van der Waals surface area contributed by atoms with Crippen LogP contribution in [0.1, 0.15) is 62.7 Å². The van der Waals surface area contributed by atoms with E-state index in [1.807, 2.05) is 6.08 Å². The van der Waals surface area contributed by atoms with Crippen molar-refractivity contribution in [1.82, 2.24) is 19.4 Å². The average molecular weight is 559 g/mol. The monoisotopic (exact) mass is 558 g/mol. The predicted octanol–water partition coefficient (Wildman–Crippen LogP) is 5.44. The Labute approximate surface area is 229 Å². The van der Waals surface area contributed by atoms with E-state index < -0.39 is 29.5 Å². The van der Waals surface area contributed by atoms with Crippen molar-refractivity contribution in [2.45, 2.75) is 58.9 Å². The van der Waals surface area contributed by atoms with Gasteiger partial charge in [-0.1, -0.05) is 6.08 Å². The zero-order valence-corrected chi connectivity index (χ0v) is 23.3. The van der Waals surface area contributed by atoms with Gasteiger partial charge in [0.25, 0.3) is 5.56 Å². The molecule has 1 aromatic carbocycles. The third-order valence-electron chi connectivity index (χ3n) is 6.54. The lowest BCUT2D eigenvalue weighted by atomic mass is 9.99. The quantitative estimate of drug-likeness (QED) is 0.410. The number of fused-ring (bicyclic) bond motifs is 1. The number of anilines is 2. The Morgan fingerprint density at radius 3 is 2.45 bits per heavy atom. The molecule has 4 rings (SSSR count). The number of nitrogen functional groups attached to an aromatic ring is 1. The fourth-order valence-electron chi connectivity index (χ4n) is 4.56. The van der Waals surface area contributed by atoms with Crippen molar-refractivity contribution < 1.29 is 22.7 Å². The largest absolute Gasteiger partial charge is 0.444 e. The van der Waals surface area contributed by atoms with Gasteiger partial charge in [-0.25, -0.2) is 14.8 Å². The number of carbonyl (C=O) groups is 1. The van der Waals surface area contributed by atoms with Gasteiger partial charge in [0, 0.05) is 31.4 Å². The lowest BCUT2D eigenvalue weighted by Gasteiger charge is -2.29. The minimum absolute atomic E-state index is 0.00320. The number of nitrogens with one attached hydrogen (secondary N) is 1. The number of pyridine rings is 1. The first-order valence-electron chi connectivity index (χ1n) is 12.8. The Bertz CT molecular complexity index is 1560. The van der Waals surface area contributed by atoms with E-state index in [1.54, 1.807) is 52.6 Å². The number of carbonyl (C=O) groups excluding carboxylic acids is 1. The second kappa shape index (κ2) is 10.5. The summed E-state index contributed by atoms with van der Waals surface area (Å²) in [6.45, 7) is 9.44. The number of hydrogen-bond donors (Lipinski definition) is 2. The van der Waals surface area contributed by atoms with Gasteiger partial charge in [-0.15, -0.1) is 0 Å². The molecule has 2 aromatic heterocycles. The molecule has 0 unspecified atom stereocenters. The van der Waals surface area contributed by atoms with Gasteiger partial charge in [-0.3, -0.25) is 9.36 Å². The molecule has 3 heterocycles. The van der Waals surface area contributed by atoms with E-state index >= 15 is 0 Å². The maximum Gasteiger partial charge on any atom is 0.416 e. The van der Waals surface area contributed by atoms with Gasteiger partial charge in [-0.05, 0) is 76.4 Å². The number of hydrogen-bond acceptors (Lipinski definition) is 7. The molecule has 1 aliphatic rings. The van der Waals surface area contributed by atoms with Crippen LogP contribution in [0.5, 0.6) is 0 Å². The minimum atomic E-state index is -4.54. The van der Waals surface area contributed by atoms with E-state index in [4.69, 9.17) is 10.5 Å². The number of aromatic nitrogens is 3. The van der Waals surface area contributed by atoms with Crippen LogP contribution < -0.4 is 16.6 Å². The first kappa shape index (κ1) is 28.9. The zero-order chi connectivity index (χ0) is 29.6. The maximum atomic E-state index is 13.4. The number of amides is 1. The van der Waals surface area contributed by atoms with Crippen LogP contribution in [0.25, 0.3) is 16.6 Å². The lowest BCUT2D eigenvalue weighted by molar-refractivity contribution is -0.137. The fourth-order valence-corrected chi connectivity index (χ4v) is 4.56. The van der Waals surface area contributed by atoms with E-state index in [0.717, 1.165) is 17.7 Å². The Hall–Kier alpha value is -4.09. The topological polar surface area (TPSA) is 115 Å². The van der Waals surface area contributed by atoms with Crippen LogP contribution in [-0.2, 0) is 18.0 Å². The van der Waals surface area contributed by atoms with E-state index in [9.17, 15) is 22.8 Å². The van der Waals surface area contributed by atoms with Gasteiger partial charge in [0.2, 0.25) is 0 Å². The number of benzene rings is 1. The third-order valence-corrected chi connectivity index (χ3v) is 6.54. The predicted molar refractivity (Wildman–Crippen MR) is 148 cm³/mol. The molecule has 1 aliphatic heterocycles. The maximum absolute atomic E-state index is 13.4. The van der Waals surface area contributed by atoms with Crippen LogP contribution in [0, 0.1) is 6.92 Å². The van der Waals surface area contributed by atoms with Gasteiger partial charge >= 0.3 is 12.3 Å². The molecule has 214 valence electrons. The minimum Gasteiger partial charge on any atom is -0.444 e. The lowest BCUT2D eigenvalue weighted by Crippen LogP contribution is -2.39. The van der Waals surface area contributed by atoms with Gasteiger partial charge < -0.3 is 20.7 Å². The average Bonchev–Trinajstić information content (AvgIpc) is 2.84. The number of ether oxygens (including phenoxy) is 1. The smallest absolute Gasteiger partial charge is 0.416 e. The molecule has 0 spiro atoms. The molecule has 3 aromatic rings. The molecule has 12 heteroatoms. The second-order valence-corrected chi connectivity index (χ2v) is 10.9. The SMILES string of the molecule is Cc1nc(N[C@H](C)c2cc(N)cc(C(F)(F)F)c2)c2cc(C3=CCN(C(=O)OC(C)(C)C)CC3)c(=O)n(C)c2n1. The van der Waals surface area contributed by atoms with Gasteiger partial charge in [0.1, 0.15) is 22.9 Å². The van der Waals surface area contributed by atoms with Crippen LogP contribution in [0.4, 0.5) is 29.5 Å². The van der Waals surface area contributed by atoms with Crippen molar-refractivity contribution in [1.29, 1.82) is 0 Å². The van der Waals surface area contributed by atoms with Crippen LogP contribution in [0.2, 0.25) is 0 Å². The summed E-state index contributed by atoms with van der Waals surface area (Å²) < 4.78 is 47.0. The van der Waals surface area contributed by atoms with E-state index in [2.05, 4.69) is 15.3 Å². The molecule has 0 bridgehead atoms. The number of aryl methyl sites for hydroxylation is 2. The Morgan fingerprint density at radius 1 is 1.15 bits per heavy atom. The summed E-state index contributed by atoms with van der Waals surface area (Å²) in [4.78, 5) is 36.3. The molecule has 0 saturated carbocycles. The summed E-state index contributed by atoms with van der Waals surface area (Å²) in [5.41, 5.74) is 5.97. The van der Waals surface area contributed by atoms with Crippen molar-refractivity contribution >= 4 is 34.2 Å². The molecule has 0 fully saturated rings. The zero-order valence-electron chi connectivity index (χ0n) is 23.3. The summed E-state index contributed by atoms with van der Waals surface area (Å²) in [7, 11) is 1.61. The summed E-state index contributed by atoms with van der Waals surface area (Å²) in [5, 5.41) is 3.72. The number of nitrogens with two attached hydrogens (primary N) is 1. The van der Waals surface area contributed by atoms with E-state index in [1.165, 1.54) is 10.6 Å². The number of rotatable bonds is 4. The first-order chi connectivity index (χ1) is 18.5. The number of nitrogens with zero attached hydrogens (tertiary/aromatic N) is 4. The molecule has 0 aliphatic carbocycles. The third kappa shape index (κ3) is 6.21. The standard InChI is InChI=1S/C28H33F3N6O3/c1-15(18-11-19(28(29,30)31)13-20(32)12-18)33-23-22-14-21(25(38)36(6)24(22)35-16(2)34-23)17-7-9-37(10-8-17)26(39)40-27(3,4)5/h7,11-15H,8-10,32H2,1-6H3,(H,33,34,35)/t15-/m1/s1. The molecular weight excluding hydrogens is 525 g/mol. The molecule has 1 amide bonds. The highest BCUT2D eigenvalue weighted by molar-refractivity contribution is 5.90. The number of alkyl halides is 3. The van der Waals surface area contributed by atoms with E-state index in [0.29, 0.717) is 46.8 Å². The van der Waals surface area contributed by atoms with Gasteiger partial charge in [0.15, 0.2) is 0 Å². The van der Waals surface area contributed by atoms with Gasteiger partial charge in [-0.2, -0.15) is 13.2 Å². The normalized spacial score (nSPS) is 15.1. The van der Waals surface area contributed by atoms with Crippen molar-refractivity contribution in [2.24, 2.45) is 7.05 Å². The van der Waals surface area contributed by atoms with Crippen LogP contribution in [0.15, 0.2) is 35.1 Å². The molecule has 0 radical (unpaired) electrons. The molecule has 3 N–H and O–H groups in total. The first-order valence-corrected chi connectivity index (χ1v) is 12.8. The van der Waals surface area contributed by atoms with Gasteiger partial charge in [0.05, 0.1) is 17.0 Å². The number of halogens is 3. The summed E-state index contributed by atoms with van der Waals surface area (Å²) in [6.07, 6.45) is -2.70. The Morgan fingerprint density at radius 2 is 1.85 bits per heavy atom.